The topological polar surface area (TPSA) is 71.3 Å². The number of nitrogens with zero attached hydrogens (tertiary/aromatic N) is 3. The molecule has 0 unspecified atom stereocenters. The van der Waals surface area contributed by atoms with Crippen molar-refractivity contribution in [1.82, 2.24) is 10.1 Å². The highest BCUT2D eigenvalue weighted by molar-refractivity contribution is 6.05. The van der Waals surface area contributed by atoms with Gasteiger partial charge in [0.25, 0.3) is 0 Å². The molecule has 7 nitrogen and oxygen atoms in total. The molecule has 7 heteroatoms. The number of anilines is 1. The Labute approximate surface area is 140 Å². The van der Waals surface area contributed by atoms with E-state index in [1.165, 1.54) is 18.5 Å². The van der Waals surface area contributed by atoms with Gasteiger partial charge in [0.1, 0.15) is 18.0 Å². The molecule has 1 saturated carbocycles. The Morgan fingerprint density at radius 3 is 2.88 bits per heavy atom. The zero-order valence-electron chi connectivity index (χ0n) is 14.2. The number of ether oxygens (including phenoxy) is 2. The zero-order chi connectivity index (χ0) is 16.7. The van der Waals surface area contributed by atoms with E-state index >= 15 is 0 Å². The third-order valence-electron chi connectivity index (χ3n) is 4.71. The van der Waals surface area contributed by atoms with Gasteiger partial charge in [0.15, 0.2) is 6.20 Å². The van der Waals surface area contributed by atoms with E-state index in [0.29, 0.717) is 31.3 Å². The number of hydrogen-bond donors (Lipinski definition) is 1. The highest BCUT2D eigenvalue weighted by atomic mass is 16.5. The monoisotopic (exact) mass is 331 g/mol. The first-order valence-electron chi connectivity index (χ1n) is 8.61. The molecule has 0 bridgehead atoms. The maximum absolute atomic E-state index is 12.5. The molecule has 3 heterocycles. The van der Waals surface area contributed by atoms with E-state index in [9.17, 15) is 4.79 Å². The number of esters is 1. The summed E-state index contributed by atoms with van der Waals surface area (Å²) in [5.74, 6) is 0.228. The van der Waals surface area contributed by atoms with Crippen LogP contribution in [-0.2, 0) is 16.5 Å². The summed E-state index contributed by atoms with van der Waals surface area (Å²) in [5.41, 5.74) is 3.56. The summed E-state index contributed by atoms with van der Waals surface area (Å²) in [5, 5.41) is 4.50. The smallest absolute Gasteiger partial charge is 0.352 e. The van der Waals surface area contributed by atoms with Crippen LogP contribution in [0.4, 0.5) is 5.69 Å². The van der Waals surface area contributed by atoms with Crippen LogP contribution in [0, 0.1) is 0 Å². The molecule has 0 amide bonds. The first-order chi connectivity index (χ1) is 11.7. The molecule has 0 spiro atoms. The molecule has 1 aliphatic carbocycles. The maximum Gasteiger partial charge on any atom is 0.352 e. The Morgan fingerprint density at radius 2 is 2.21 bits per heavy atom. The number of carbonyl (C=O) groups excluding carboxylic acids is 1. The summed E-state index contributed by atoms with van der Waals surface area (Å²) in [6, 6.07) is 0. The predicted molar refractivity (Wildman–Crippen MR) is 88.2 cm³/mol. The second-order valence-electron chi connectivity index (χ2n) is 6.40. The van der Waals surface area contributed by atoms with Crippen molar-refractivity contribution in [1.29, 1.82) is 0 Å². The third-order valence-corrected chi connectivity index (χ3v) is 4.71. The van der Waals surface area contributed by atoms with Gasteiger partial charge >= 0.3 is 11.6 Å². The number of H-pyrrole nitrogens is 1. The SMILES string of the molecule is CCOC(=O)c1cnc2c(c(C3CC3)[nH][n+]2C)c1N1CCOCC1. The second kappa shape index (κ2) is 6.05. The highest BCUT2D eigenvalue weighted by Gasteiger charge is 2.36. The number of nitrogens with one attached hydrogen (secondary N) is 1. The fourth-order valence-electron chi connectivity index (χ4n) is 3.42. The molecular formula is C17H23N4O3+. The molecule has 1 saturated heterocycles. The Kier molecular flexibility index (Phi) is 3.88. The van der Waals surface area contributed by atoms with E-state index in [-0.39, 0.29) is 5.97 Å². The average molecular weight is 331 g/mol. The lowest BCUT2D eigenvalue weighted by atomic mass is 10.1. The first-order valence-corrected chi connectivity index (χ1v) is 8.61. The summed E-state index contributed by atoms with van der Waals surface area (Å²) in [6.45, 7) is 5.05. The minimum atomic E-state index is -0.306. The highest BCUT2D eigenvalue weighted by Crippen LogP contribution is 2.44. The Balaban J connectivity index is 1.93. The van der Waals surface area contributed by atoms with Gasteiger partial charge in [-0.2, -0.15) is 4.68 Å². The van der Waals surface area contributed by atoms with Crippen molar-refractivity contribution in [2.75, 3.05) is 37.8 Å². The summed E-state index contributed by atoms with van der Waals surface area (Å²) >= 11 is 0. The van der Waals surface area contributed by atoms with E-state index in [4.69, 9.17) is 9.47 Å². The Bertz CT molecular complexity index is 776. The van der Waals surface area contributed by atoms with E-state index in [1.807, 2.05) is 18.7 Å². The summed E-state index contributed by atoms with van der Waals surface area (Å²) < 4.78 is 12.7. The van der Waals surface area contributed by atoms with Crippen LogP contribution in [0.3, 0.4) is 0 Å². The molecule has 0 radical (unpaired) electrons. The molecular weight excluding hydrogens is 308 g/mol. The molecule has 1 aliphatic heterocycles. The van der Waals surface area contributed by atoms with Crippen molar-refractivity contribution in [2.24, 2.45) is 7.05 Å². The van der Waals surface area contributed by atoms with Crippen molar-refractivity contribution in [3.63, 3.8) is 0 Å². The standard InChI is InChI=1S/C17H22N4O3/c1-3-24-17(22)12-10-18-16-13(14(11-4-5-11)19-20(16)2)15(12)21-6-8-23-9-7-21/h10-11H,3-9H2,1-2H3/p+1. The lowest BCUT2D eigenvalue weighted by Gasteiger charge is -2.30. The van der Waals surface area contributed by atoms with E-state index < -0.39 is 0 Å². The van der Waals surface area contributed by atoms with Crippen LogP contribution in [0.1, 0.15) is 41.7 Å². The number of aromatic nitrogens is 3. The number of morpholine rings is 1. The molecule has 24 heavy (non-hydrogen) atoms. The van der Waals surface area contributed by atoms with Crippen molar-refractivity contribution in [3.8, 4) is 0 Å². The van der Waals surface area contributed by atoms with Gasteiger partial charge < -0.3 is 14.4 Å². The number of hydrogen-bond acceptors (Lipinski definition) is 5. The van der Waals surface area contributed by atoms with E-state index in [1.54, 1.807) is 6.20 Å². The fraction of sp³-hybridized carbons (Fsp3) is 0.588. The van der Waals surface area contributed by atoms with Gasteiger partial charge in [-0.05, 0) is 24.7 Å². The van der Waals surface area contributed by atoms with Crippen molar-refractivity contribution >= 4 is 22.7 Å². The Hall–Kier alpha value is -2.15. The van der Waals surface area contributed by atoms with Crippen LogP contribution in [0.15, 0.2) is 6.20 Å². The summed E-state index contributed by atoms with van der Waals surface area (Å²) in [4.78, 5) is 19.3. The molecule has 2 fully saturated rings. The summed E-state index contributed by atoms with van der Waals surface area (Å²) in [6.07, 6.45) is 4.01. The second-order valence-corrected chi connectivity index (χ2v) is 6.40. The van der Waals surface area contributed by atoms with Gasteiger partial charge in [0.2, 0.25) is 0 Å². The molecule has 1 N–H and O–H groups in total. The molecule has 2 aliphatic rings. The minimum absolute atomic E-state index is 0.306. The van der Waals surface area contributed by atoms with Crippen LogP contribution in [0.2, 0.25) is 0 Å². The molecule has 4 rings (SSSR count). The van der Waals surface area contributed by atoms with Crippen LogP contribution in [-0.4, -0.2) is 49.0 Å². The van der Waals surface area contributed by atoms with Crippen LogP contribution >= 0.6 is 0 Å². The number of aryl methyl sites for hydroxylation is 1. The lowest BCUT2D eigenvalue weighted by molar-refractivity contribution is -0.705. The normalized spacial score (nSPS) is 18.2. The van der Waals surface area contributed by atoms with E-state index in [0.717, 1.165) is 29.8 Å². The van der Waals surface area contributed by atoms with Crippen LogP contribution < -0.4 is 9.58 Å². The van der Waals surface area contributed by atoms with Gasteiger partial charge in [-0.3, -0.25) is 0 Å². The van der Waals surface area contributed by atoms with Crippen LogP contribution in [0.5, 0.6) is 0 Å². The van der Waals surface area contributed by atoms with Crippen molar-refractivity contribution in [2.45, 2.75) is 25.7 Å². The van der Waals surface area contributed by atoms with E-state index in [2.05, 4.69) is 15.0 Å². The number of fused-ring (bicyclic) bond motifs is 1. The van der Waals surface area contributed by atoms with Crippen molar-refractivity contribution in [3.05, 3.63) is 17.5 Å². The van der Waals surface area contributed by atoms with Crippen LogP contribution in [0.25, 0.3) is 11.0 Å². The molecule has 128 valence electrons. The average Bonchev–Trinajstić information content (AvgIpc) is 3.39. The predicted octanol–water partition coefficient (Wildman–Crippen LogP) is 1.28. The fourth-order valence-corrected chi connectivity index (χ4v) is 3.42. The van der Waals surface area contributed by atoms with Gasteiger partial charge in [0.05, 0.1) is 31.2 Å². The minimum Gasteiger partial charge on any atom is -0.462 e. The Morgan fingerprint density at radius 1 is 1.46 bits per heavy atom. The van der Waals surface area contributed by atoms with Gasteiger partial charge in [0, 0.05) is 19.0 Å². The third kappa shape index (κ3) is 2.53. The van der Waals surface area contributed by atoms with Crippen molar-refractivity contribution < 1.29 is 19.0 Å². The lowest BCUT2D eigenvalue weighted by Crippen LogP contribution is -2.37. The number of aromatic amines is 1. The quantitative estimate of drug-likeness (QED) is 0.675. The first kappa shape index (κ1) is 15.4. The number of carbonyl (C=O) groups is 1. The largest absolute Gasteiger partial charge is 0.462 e. The van der Waals surface area contributed by atoms with Gasteiger partial charge in [-0.1, -0.05) is 0 Å². The molecule has 0 aromatic carbocycles. The molecule has 2 aromatic rings. The van der Waals surface area contributed by atoms with Gasteiger partial charge in [-0.25, -0.2) is 9.89 Å². The molecule has 2 aromatic heterocycles. The number of pyridine rings is 1. The maximum atomic E-state index is 12.5. The number of rotatable bonds is 4. The molecule has 0 atom stereocenters. The summed E-state index contributed by atoms with van der Waals surface area (Å²) in [7, 11) is 1.97. The van der Waals surface area contributed by atoms with Gasteiger partial charge in [-0.15, -0.1) is 0 Å². The zero-order valence-corrected chi connectivity index (χ0v) is 14.2.